The van der Waals surface area contributed by atoms with E-state index in [1.165, 1.54) is 5.56 Å². The number of benzene rings is 1. The summed E-state index contributed by atoms with van der Waals surface area (Å²) in [5.74, 6) is 1.34. The number of aryl methyl sites for hydroxylation is 1. The first-order chi connectivity index (χ1) is 8.09. The van der Waals surface area contributed by atoms with Crippen LogP contribution in [0.5, 0.6) is 5.75 Å². The molecule has 2 atom stereocenters. The summed E-state index contributed by atoms with van der Waals surface area (Å²) in [4.78, 5) is 0. The molecule has 1 saturated carbocycles. The Kier molecular flexibility index (Phi) is 2.44. The second-order valence-corrected chi connectivity index (χ2v) is 6.03. The van der Waals surface area contributed by atoms with E-state index in [9.17, 15) is 5.11 Å². The van der Waals surface area contributed by atoms with E-state index in [0.717, 1.165) is 37.2 Å². The predicted molar refractivity (Wildman–Crippen MR) is 67.1 cm³/mol. The highest BCUT2D eigenvalue weighted by molar-refractivity contribution is 5.44. The summed E-state index contributed by atoms with van der Waals surface area (Å²) < 4.78 is 5.76. The van der Waals surface area contributed by atoms with E-state index < -0.39 is 0 Å². The molecule has 0 aromatic heterocycles. The lowest BCUT2D eigenvalue weighted by molar-refractivity contribution is 0.132. The van der Waals surface area contributed by atoms with Crippen LogP contribution < -0.4 is 4.74 Å². The van der Waals surface area contributed by atoms with Crippen LogP contribution in [0.25, 0.3) is 0 Å². The molecule has 0 amide bonds. The molecule has 0 bridgehead atoms. The molecule has 0 saturated heterocycles. The van der Waals surface area contributed by atoms with Crippen LogP contribution >= 0.6 is 0 Å². The summed E-state index contributed by atoms with van der Waals surface area (Å²) in [5.41, 5.74) is 2.54. The summed E-state index contributed by atoms with van der Waals surface area (Å²) >= 11 is 0. The third kappa shape index (κ3) is 1.85. The zero-order chi connectivity index (χ0) is 12.0. The molecule has 2 aliphatic rings. The number of para-hydroxylation sites is 1. The second-order valence-electron chi connectivity index (χ2n) is 6.03. The van der Waals surface area contributed by atoms with E-state index in [0.29, 0.717) is 5.92 Å². The van der Waals surface area contributed by atoms with Crippen LogP contribution in [0, 0.1) is 11.3 Å². The number of fused-ring (bicyclic) bond motifs is 1. The molecule has 1 N–H and O–H groups in total. The van der Waals surface area contributed by atoms with Gasteiger partial charge in [0.2, 0.25) is 0 Å². The zero-order valence-electron chi connectivity index (χ0n) is 10.6. The van der Waals surface area contributed by atoms with Crippen LogP contribution in [0.1, 0.15) is 43.9 Å². The first-order valence-corrected chi connectivity index (χ1v) is 6.52. The van der Waals surface area contributed by atoms with Crippen LogP contribution in [0.3, 0.4) is 0 Å². The smallest absolute Gasteiger partial charge is 0.128 e. The average molecular weight is 232 g/mol. The molecule has 3 rings (SSSR count). The largest absolute Gasteiger partial charge is 0.493 e. The highest BCUT2D eigenvalue weighted by Crippen LogP contribution is 2.58. The van der Waals surface area contributed by atoms with E-state index in [1.54, 1.807) is 0 Å². The number of rotatable bonds is 2. The van der Waals surface area contributed by atoms with Gasteiger partial charge in [0, 0.05) is 5.56 Å². The number of aliphatic hydroxyl groups is 1. The molecule has 92 valence electrons. The summed E-state index contributed by atoms with van der Waals surface area (Å²) in [5, 5.41) is 10.5. The molecule has 17 heavy (non-hydrogen) atoms. The Morgan fingerprint density at radius 2 is 2.18 bits per heavy atom. The summed E-state index contributed by atoms with van der Waals surface area (Å²) in [6.45, 7) is 5.22. The molecule has 1 aliphatic heterocycles. The molecule has 0 radical (unpaired) electrons. The fourth-order valence-corrected chi connectivity index (χ4v) is 2.91. The van der Waals surface area contributed by atoms with Crippen LogP contribution in [0.4, 0.5) is 0 Å². The van der Waals surface area contributed by atoms with Crippen LogP contribution in [-0.2, 0) is 6.42 Å². The van der Waals surface area contributed by atoms with Gasteiger partial charge >= 0.3 is 0 Å². The second kappa shape index (κ2) is 3.74. The molecule has 1 aliphatic carbocycles. The van der Waals surface area contributed by atoms with E-state index in [4.69, 9.17) is 4.74 Å². The third-order valence-electron chi connectivity index (χ3n) is 4.25. The number of hydrogen-bond acceptors (Lipinski definition) is 2. The van der Waals surface area contributed by atoms with Gasteiger partial charge in [-0.2, -0.15) is 0 Å². The third-order valence-corrected chi connectivity index (χ3v) is 4.25. The molecular weight excluding hydrogens is 212 g/mol. The van der Waals surface area contributed by atoms with Crippen molar-refractivity contribution in [2.75, 3.05) is 6.61 Å². The van der Waals surface area contributed by atoms with E-state index >= 15 is 0 Å². The van der Waals surface area contributed by atoms with Crippen LogP contribution in [0.2, 0.25) is 0 Å². The molecule has 2 nitrogen and oxygen atoms in total. The van der Waals surface area contributed by atoms with Gasteiger partial charge in [0.25, 0.3) is 0 Å². The molecule has 1 aromatic rings. The Morgan fingerprint density at radius 3 is 2.88 bits per heavy atom. The quantitative estimate of drug-likeness (QED) is 0.849. The van der Waals surface area contributed by atoms with Gasteiger partial charge in [-0.3, -0.25) is 0 Å². The number of ether oxygens (including phenoxy) is 1. The fourth-order valence-electron chi connectivity index (χ4n) is 2.91. The highest BCUT2D eigenvalue weighted by Gasteiger charge is 2.50. The molecule has 0 spiro atoms. The fraction of sp³-hybridized carbons (Fsp3) is 0.600. The maximum absolute atomic E-state index is 10.5. The summed E-state index contributed by atoms with van der Waals surface area (Å²) in [6.07, 6.45) is 2.90. The lowest BCUT2D eigenvalue weighted by Crippen LogP contribution is -2.13. The Hall–Kier alpha value is -1.02. The monoisotopic (exact) mass is 232 g/mol. The van der Waals surface area contributed by atoms with Gasteiger partial charge in [-0.1, -0.05) is 32.0 Å². The minimum absolute atomic E-state index is 0.289. The highest BCUT2D eigenvalue weighted by atomic mass is 16.5. The number of aliphatic hydroxyl groups excluding tert-OH is 1. The van der Waals surface area contributed by atoms with E-state index in [-0.39, 0.29) is 11.5 Å². The molecule has 1 fully saturated rings. The maximum Gasteiger partial charge on any atom is 0.128 e. The lowest BCUT2D eigenvalue weighted by atomic mass is 9.95. The molecule has 2 heteroatoms. The normalized spacial score (nSPS) is 26.9. The molecular formula is C15H20O2. The Labute approximate surface area is 103 Å². The Balaban J connectivity index is 1.92. The number of hydrogen-bond donors (Lipinski definition) is 1. The maximum atomic E-state index is 10.5. The SMILES string of the molecule is CC1(C)CC1C(O)c1cccc2c1OCCC2. The van der Waals surface area contributed by atoms with Crippen molar-refractivity contribution in [2.24, 2.45) is 11.3 Å². The van der Waals surface area contributed by atoms with Crippen molar-refractivity contribution < 1.29 is 9.84 Å². The molecule has 2 unspecified atom stereocenters. The minimum Gasteiger partial charge on any atom is -0.493 e. The zero-order valence-corrected chi connectivity index (χ0v) is 10.6. The van der Waals surface area contributed by atoms with Gasteiger partial charge in [-0.05, 0) is 36.2 Å². The van der Waals surface area contributed by atoms with Crippen molar-refractivity contribution in [3.05, 3.63) is 29.3 Å². The van der Waals surface area contributed by atoms with Crippen molar-refractivity contribution in [2.45, 2.75) is 39.2 Å². The van der Waals surface area contributed by atoms with Crippen molar-refractivity contribution in [3.63, 3.8) is 0 Å². The van der Waals surface area contributed by atoms with Crippen molar-refractivity contribution in [3.8, 4) is 5.75 Å². The Bertz CT molecular complexity index is 437. The van der Waals surface area contributed by atoms with E-state index in [2.05, 4.69) is 19.9 Å². The first kappa shape index (κ1) is 11.1. The molecule has 1 heterocycles. The predicted octanol–water partition coefficient (Wildman–Crippen LogP) is 3.09. The first-order valence-electron chi connectivity index (χ1n) is 6.52. The van der Waals surface area contributed by atoms with Gasteiger partial charge in [-0.15, -0.1) is 0 Å². The Morgan fingerprint density at radius 1 is 1.41 bits per heavy atom. The van der Waals surface area contributed by atoms with Gasteiger partial charge < -0.3 is 9.84 Å². The summed E-state index contributed by atoms with van der Waals surface area (Å²) in [7, 11) is 0. The van der Waals surface area contributed by atoms with Gasteiger partial charge in [0.1, 0.15) is 5.75 Å². The molecule has 1 aromatic carbocycles. The average Bonchev–Trinajstić information content (AvgIpc) is 2.97. The minimum atomic E-state index is -0.363. The van der Waals surface area contributed by atoms with Crippen molar-refractivity contribution in [1.82, 2.24) is 0 Å². The van der Waals surface area contributed by atoms with Crippen molar-refractivity contribution >= 4 is 0 Å². The van der Waals surface area contributed by atoms with Gasteiger partial charge in [0.05, 0.1) is 12.7 Å². The standard InChI is InChI=1S/C15H20O2/c1-15(2)9-12(15)13(16)11-7-3-5-10-6-4-8-17-14(10)11/h3,5,7,12-13,16H,4,6,8-9H2,1-2H3. The van der Waals surface area contributed by atoms with E-state index in [1.807, 2.05) is 12.1 Å². The topological polar surface area (TPSA) is 29.5 Å². The van der Waals surface area contributed by atoms with Crippen molar-refractivity contribution in [1.29, 1.82) is 0 Å². The van der Waals surface area contributed by atoms with Gasteiger partial charge in [-0.25, -0.2) is 0 Å². The lowest BCUT2D eigenvalue weighted by Gasteiger charge is -2.23. The van der Waals surface area contributed by atoms with Crippen LogP contribution in [0.15, 0.2) is 18.2 Å². The summed E-state index contributed by atoms with van der Waals surface area (Å²) in [6, 6.07) is 6.17. The van der Waals surface area contributed by atoms with Crippen LogP contribution in [-0.4, -0.2) is 11.7 Å². The van der Waals surface area contributed by atoms with Gasteiger partial charge in [0.15, 0.2) is 0 Å².